The predicted molar refractivity (Wildman–Crippen MR) is 98.5 cm³/mol. The number of nitrogens with zero attached hydrogens (tertiary/aromatic N) is 3. The number of fused-ring (bicyclic) bond motifs is 2. The first-order valence-electron chi connectivity index (χ1n) is 7.81. The number of rotatable bonds is 4. The second-order valence-corrected chi connectivity index (χ2v) is 6.87. The molecule has 5 heteroatoms. The fourth-order valence-corrected chi connectivity index (χ4v) is 3.69. The summed E-state index contributed by atoms with van der Waals surface area (Å²) in [5.74, 6) is 0. The maximum atomic E-state index is 12.1. The van der Waals surface area contributed by atoms with Crippen molar-refractivity contribution in [3.63, 3.8) is 0 Å². The lowest BCUT2D eigenvalue weighted by Crippen LogP contribution is -2.21. The Kier molecular flexibility index (Phi) is 3.88. The molecule has 120 valence electrons. The zero-order valence-corrected chi connectivity index (χ0v) is 14.2. The van der Waals surface area contributed by atoms with Crippen LogP contribution in [-0.2, 0) is 13.1 Å². The summed E-state index contributed by atoms with van der Waals surface area (Å²) < 4.78 is 1.58. The van der Waals surface area contributed by atoms with Crippen LogP contribution < -0.4 is 5.56 Å². The average Bonchev–Trinajstić information content (AvgIpc) is 3.03. The second kappa shape index (κ2) is 6.19. The molecule has 0 aliphatic heterocycles. The molecule has 4 nitrogen and oxygen atoms in total. The summed E-state index contributed by atoms with van der Waals surface area (Å²) >= 11 is 1.48. The van der Waals surface area contributed by atoms with E-state index in [0.717, 1.165) is 17.2 Å². The van der Waals surface area contributed by atoms with Crippen molar-refractivity contribution in [1.82, 2.24) is 14.3 Å². The summed E-state index contributed by atoms with van der Waals surface area (Å²) in [5.41, 5.74) is 2.05. The van der Waals surface area contributed by atoms with Crippen molar-refractivity contribution in [1.29, 1.82) is 0 Å². The van der Waals surface area contributed by atoms with Gasteiger partial charge in [-0.05, 0) is 29.4 Å². The summed E-state index contributed by atoms with van der Waals surface area (Å²) in [4.78, 5) is 19.5. The van der Waals surface area contributed by atoms with Crippen LogP contribution in [0.25, 0.3) is 15.7 Å². The largest absolute Gasteiger partial charge is 0.296 e. The number of aromatic nitrogens is 2. The predicted octanol–water partition coefficient (Wildman–Crippen LogP) is 3.54. The van der Waals surface area contributed by atoms with Gasteiger partial charge in [-0.2, -0.15) is 0 Å². The van der Waals surface area contributed by atoms with Gasteiger partial charge >= 0.3 is 0 Å². The van der Waals surface area contributed by atoms with Crippen LogP contribution in [0, 0.1) is 0 Å². The molecule has 2 aromatic heterocycles. The molecular formula is C19H17N3OS. The van der Waals surface area contributed by atoms with Gasteiger partial charge < -0.3 is 0 Å². The molecule has 0 saturated carbocycles. The Balaban J connectivity index is 1.54. The van der Waals surface area contributed by atoms with Crippen LogP contribution in [0.4, 0.5) is 0 Å². The Labute approximate surface area is 143 Å². The fourth-order valence-electron chi connectivity index (χ4n) is 2.95. The van der Waals surface area contributed by atoms with Gasteiger partial charge in [0.25, 0.3) is 5.56 Å². The van der Waals surface area contributed by atoms with Crippen LogP contribution in [0.2, 0.25) is 0 Å². The number of benzene rings is 2. The van der Waals surface area contributed by atoms with Crippen LogP contribution in [-0.4, -0.2) is 21.3 Å². The minimum Gasteiger partial charge on any atom is -0.296 e. The Morgan fingerprint density at radius 2 is 1.92 bits per heavy atom. The van der Waals surface area contributed by atoms with E-state index in [1.54, 1.807) is 16.7 Å². The lowest BCUT2D eigenvalue weighted by molar-refractivity contribution is 0.315. The minimum absolute atomic E-state index is 0.0182. The lowest BCUT2D eigenvalue weighted by Gasteiger charge is -2.16. The molecule has 0 unspecified atom stereocenters. The van der Waals surface area contributed by atoms with Crippen molar-refractivity contribution in [2.45, 2.75) is 13.1 Å². The molecule has 0 atom stereocenters. The van der Waals surface area contributed by atoms with Gasteiger partial charge in [-0.25, -0.2) is 4.98 Å². The Morgan fingerprint density at radius 3 is 2.79 bits per heavy atom. The molecule has 0 saturated heterocycles. The third-order valence-corrected chi connectivity index (χ3v) is 4.81. The van der Waals surface area contributed by atoms with Crippen molar-refractivity contribution in [2.24, 2.45) is 0 Å². The van der Waals surface area contributed by atoms with E-state index in [4.69, 9.17) is 0 Å². The van der Waals surface area contributed by atoms with Crippen LogP contribution in [0.1, 0.15) is 11.3 Å². The van der Waals surface area contributed by atoms with Crippen LogP contribution >= 0.6 is 11.3 Å². The summed E-state index contributed by atoms with van der Waals surface area (Å²) in [6, 6.07) is 16.5. The zero-order valence-electron chi connectivity index (χ0n) is 13.3. The van der Waals surface area contributed by atoms with Gasteiger partial charge in [0.2, 0.25) is 0 Å². The van der Waals surface area contributed by atoms with Crippen molar-refractivity contribution in [2.75, 3.05) is 7.05 Å². The average molecular weight is 335 g/mol. The highest BCUT2D eigenvalue weighted by Gasteiger charge is 2.07. The molecule has 0 N–H and O–H groups in total. The van der Waals surface area contributed by atoms with Gasteiger partial charge in [-0.15, -0.1) is 11.3 Å². The van der Waals surface area contributed by atoms with Gasteiger partial charge in [0, 0.05) is 30.7 Å². The minimum atomic E-state index is -0.0182. The first-order valence-corrected chi connectivity index (χ1v) is 8.69. The molecular weight excluding hydrogens is 318 g/mol. The maximum Gasteiger partial charge on any atom is 0.258 e. The molecule has 4 rings (SSSR count). The number of hydrogen-bond acceptors (Lipinski definition) is 4. The topological polar surface area (TPSA) is 37.6 Å². The quantitative estimate of drug-likeness (QED) is 0.572. The van der Waals surface area contributed by atoms with Crippen molar-refractivity contribution in [3.05, 3.63) is 81.7 Å². The summed E-state index contributed by atoms with van der Waals surface area (Å²) in [7, 11) is 2.05. The monoisotopic (exact) mass is 335 g/mol. The maximum absolute atomic E-state index is 12.1. The molecule has 4 aromatic rings. The third-order valence-electron chi connectivity index (χ3n) is 4.05. The Hall–Kier alpha value is -2.50. The van der Waals surface area contributed by atoms with Gasteiger partial charge in [0.05, 0.1) is 5.69 Å². The Bertz CT molecular complexity index is 1070. The van der Waals surface area contributed by atoms with E-state index in [1.807, 2.05) is 12.4 Å². The van der Waals surface area contributed by atoms with E-state index in [9.17, 15) is 4.79 Å². The first-order chi connectivity index (χ1) is 11.7. The highest BCUT2D eigenvalue weighted by molar-refractivity contribution is 7.15. The fraction of sp³-hybridized carbons (Fsp3) is 0.158. The van der Waals surface area contributed by atoms with Crippen molar-refractivity contribution >= 4 is 27.1 Å². The molecule has 2 aromatic carbocycles. The molecule has 0 bridgehead atoms. The molecule has 0 radical (unpaired) electrons. The van der Waals surface area contributed by atoms with E-state index in [2.05, 4.69) is 52.3 Å². The lowest BCUT2D eigenvalue weighted by atomic mass is 10.1. The standard InChI is InChI=1S/C19H17N3OS/c1-21(12-14-6-7-15-4-2-3-5-16(15)10-14)13-17-11-18(23)22-8-9-24-19(22)20-17/h2-11H,12-13H2,1H3. The van der Waals surface area contributed by atoms with E-state index < -0.39 is 0 Å². The van der Waals surface area contributed by atoms with E-state index in [0.29, 0.717) is 6.54 Å². The van der Waals surface area contributed by atoms with Crippen LogP contribution in [0.15, 0.2) is 64.9 Å². The summed E-state index contributed by atoms with van der Waals surface area (Å²) in [6.07, 6.45) is 1.76. The van der Waals surface area contributed by atoms with Crippen LogP contribution in [0.5, 0.6) is 0 Å². The second-order valence-electron chi connectivity index (χ2n) is 6.00. The normalized spacial score (nSPS) is 11.6. The zero-order chi connectivity index (χ0) is 16.5. The highest BCUT2D eigenvalue weighted by Crippen LogP contribution is 2.17. The molecule has 0 fully saturated rings. The summed E-state index contributed by atoms with van der Waals surface area (Å²) in [6.45, 7) is 1.47. The summed E-state index contributed by atoms with van der Waals surface area (Å²) in [5, 5.41) is 4.38. The van der Waals surface area contributed by atoms with E-state index >= 15 is 0 Å². The number of thiazole rings is 1. The SMILES string of the molecule is CN(Cc1ccc2ccccc2c1)Cc1cc(=O)n2ccsc2n1. The molecule has 24 heavy (non-hydrogen) atoms. The smallest absolute Gasteiger partial charge is 0.258 e. The van der Waals surface area contributed by atoms with E-state index in [-0.39, 0.29) is 5.56 Å². The number of hydrogen-bond donors (Lipinski definition) is 0. The highest BCUT2D eigenvalue weighted by atomic mass is 32.1. The van der Waals surface area contributed by atoms with Crippen molar-refractivity contribution < 1.29 is 0 Å². The molecule has 0 spiro atoms. The molecule has 0 aliphatic rings. The van der Waals surface area contributed by atoms with Gasteiger partial charge in [0.1, 0.15) is 0 Å². The van der Waals surface area contributed by atoms with Gasteiger partial charge in [-0.1, -0.05) is 36.4 Å². The Morgan fingerprint density at radius 1 is 1.08 bits per heavy atom. The molecule has 0 aliphatic carbocycles. The third kappa shape index (κ3) is 2.96. The first kappa shape index (κ1) is 15.1. The van der Waals surface area contributed by atoms with Gasteiger partial charge in [-0.3, -0.25) is 14.1 Å². The van der Waals surface area contributed by atoms with Gasteiger partial charge in [0.15, 0.2) is 4.96 Å². The molecule has 0 amide bonds. The van der Waals surface area contributed by atoms with Crippen LogP contribution in [0.3, 0.4) is 0 Å². The molecule has 2 heterocycles. The van der Waals surface area contributed by atoms with Crippen molar-refractivity contribution in [3.8, 4) is 0 Å². The van der Waals surface area contributed by atoms with E-state index in [1.165, 1.54) is 27.7 Å².